The second-order valence-corrected chi connectivity index (χ2v) is 4.94. The Morgan fingerprint density at radius 1 is 1.16 bits per heavy atom. The number of aromatic hydroxyl groups is 1. The third kappa shape index (κ3) is 6.05. The molecule has 0 saturated heterocycles. The highest BCUT2D eigenvalue weighted by atomic mass is 16.5. The van der Waals surface area contributed by atoms with Gasteiger partial charge in [0.1, 0.15) is 6.04 Å². The zero-order valence-corrected chi connectivity index (χ0v) is 13.7. The summed E-state index contributed by atoms with van der Waals surface area (Å²) >= 11 is 0. The van der Waals surface area contributed by atoms with Crippen LogP contribution in [0.25, 0.3) is 6.08 Å². The van der Waals surface area contributed by atoms with Crippen LogP contribution in [0.1, 0.15) is 18.4 Å². The molecule has 0 saturated carbocycles. The Morgan fingerprint density at radius 2 is 1.72 bits per heavy atom. The smallest absolute Gasteiger partial charge is 0.326 e. The van der Waals surface area contributed by atoms with Gasteiger partial charge in [-0.05, 0) is 30.2 Å². The molecule has 1 aromatic rings. The molecule has 1 rings (SSSR count). The number of nitrogens with one attached hydrogen (secondary N) is 1. The predicted octanol–water partition coefficient (Wildman–Crippen LogP) is 0.857. The van der Waals surface area contributed by atoms with Gasteiger partial charge in [0.15, 0.2) is 11.5 Å². The van der Waals surface area contributed by atoms with Crippen LogP contribution in [0, 0.1) is 0 Å². The molecule has 0 aliphatic carbocycles. The van der Waals surface area contributed by atoms with Crippen LogP contribution in [-0.4, -0.2) is 53.4 Å². The number of hydrogen-bond donors (Lipinski definition) is 4. The number of aliphatic carboxylic acids is 2. The van der Waals surface area contributed by atoms with Crippen molar-refractivity contribution in [2.24, 2.45) is 0 Å². The van der Waals surface area contributed by atoms with Crippen LogP contribution in [0.3, 0.4) is 0 Å². The van der Waals surface area contributed by atoms with Gasteiger partial charge in [-0.3, -0.25) is 9.59 Å². The summed E-state index contributed by atoms with van der Waals surface area (Å²) < 4.78 is 9.98. The lowest BCUT2D eigenvalue weighted by Gasteiger charge is -2.12. The molecule has 0 fully saturated rings. The summed E-state index contributed by atoms with van der Waals surface area (Å²) in [4.78, 5) is 33.4. The number of methoxy groups -OCH3 is 2. The first-order valence-corrected chi connectivity index (χ1v) is 7.16. The number of carboxylic acids is 2. The molecular formula is C16H19NO8. The minimum absolute atomic E-state index is 0.143. The van der Waals surface area contributed by atoms with Crippen molar-refractivity contribution in [1.82, 2.24) is 5.32 Å². The van der Waals surface area contributed by atoms with Gasteiger partial charge in [-0.25, -0.2) is 4.79 Å². The van der Waals surface area contributed by atoms with E-state index >= 15 is 0 Å². The third-order valence-electron chi connectivity index (χ3n) is 3.19. The first-order valence-electron chi connectivity index (χ1n) is 7.16. The molecule has 1 atom stereocenters. The van der Waals surface area contributed by atoms with Crippen LogP contribution < -0.4 is 14.8 Å². The lowest BCUT2D eigenvalue weighted by Crippen LogP contribution is -2.40. The van der Waals surface area contributed by atoms with Crippen LogP contribution in [0.4, 0.5) is 0 Å². The number of carbonyl (C=O) groups excluding carboxylic acids is 1. The molecule has 0 heterocycles. The fraction of sp³-hybridized carbons (Fsp3) is 0.312. The molecule has 136 valence electrons. The lowest BCUT2D eigenvalue weighted by atomic mass is 10.1. The van der Waals surface area contributed by atoms with Gasteiger partial charge in [0.2, 0.25) is 11.7 Å². The summed E-state index contributed by atoms with van der Waals surface area (Å²) in [5.41, 5.74) is 0.471. The van der Waals surface area contributed by atoms with Crippen molar-refractivity contribution in [3.63, 3.8) is 0 Å². The van der Waals surface area contributed by atoms with E-state index in [-0.39, 0.29) is 30.1 Å². The number of phenols is 1. The Balaban J connectivity index is 2.84. The number of carboxylic acid groups (broad SMARTS) is 2. The van der Waals surface area contributed by atoms with Crippen LogP contribution in [0.5, 0.6) is 17.2 Å². The second-order valence-electron chi connectivity index (χ2n) is 4.94. The SMILES string of the molecule is COc1cc(/C=C/C(=O)N[C@@H](CCC(=O)O)C(=O)O)cc(OC)c1O. The third-order valence-corrected chi connectivity index (χ3v) is 3.19. The highest BCUT2D eigenvalue weighted by Crippen LogP contribution is 2.37. The quantitative estimate of drug-likeness (QED) is 0.479. The van der Waals surface area contributed by atoms with E-state index in [1.54, 1.807) is 0 Å². The standard InChI is InChI=1S/C16H19NO8/c1-24-11-7-9(8-12(25-2)15(11)21)3-5-13(18)17-10(16(22)23)4-6-14(19)20/h3,5,7-8,10,21H,4,6H2,1-2H3,(H,17,18)(H,19,20)(H,22,23)/b5-3+/t10-/m0/s1. The van der Waals surface area contributed by atoms with Crippen molar-refractivity contribution < 1.29 is 39.2 Å². The molecule has 0 aromatic heterocycles. The number of phenolic OH excluding ortho intramolecular Hbond substituents is 1. The van der Waals surface area contributed by atoms with E-state index in [4.69, 9.17) is 19.7 Å². The molecule has 4 N–H and O–H groups in total. The molecule has 0 radical (unpaired) electrons. The maximum absolute atomic E-state index is 11.8. The van der Waals surface area contributed by atoms with Crippen molar-refractivity contribution in [1.29, 1.82) is 0 Å². The highest BCUT2D eigenvalue weighted by Gasteiger charge is 2.20. The maximum atomic E-state index is 11.8. The van der Waals surface area contributed by atoms with Crippen molar-refractivity contribution in [3.05, 3.63) is 23.8 Å². The topological polar surface area (TPSA) is 142 Å². The summed E-state index contributed by atoms with van der Waals surface area (Å²) in [6.45, 7) is 0. The van der Waals surface area contributed by atoms with Crippen molar-refractivity contribution in [3.8, 4) is 17.2 Å². The van der Waals surface area contributed by atoms with E-state index in [9.17, 15) is 19.5 Å². The monoisotopic (exact) mass is 353 g/mol. The Labute approximate surface area is 143 Å². The van der Waals surface area contributed by atoms with Gasteiger partial charge in [-0.1, -0.05) is 0 Å². The summed E-state index contributed by atoms with van der Waals surface area (Å²) in [6.07, 6.45) is 1.84. The van der Waals surface area contributed by atoms with E-state index in [1.165, 1.54) is 32.4 Å². The summed E-state index contributed by atoms with van der Waals surface area (Å²) in [6, 6.07) is 1.61. The van der Waals surface area contributed by atoms with Crippen molar-refractivity contribution in [2.75, 3.05) is 14.2 Å². The minimum atomic E-state index is -1.32. The molecule has 0 aliphatic heterocycles. The fourth-order valence-electron chi connectivity index (χ4n) is 1.93. The summed E-state index contributed by atoms with van der Waals surface area (Å²) in [7, 11) is 2.71. The molecule has 1 aromatic carbocycles. The Hall–Kier alpha value is -3.23. The first-order chi connectivity index (χ1) is 11.8. The number of benzene rings is 1. The average Bonchev–Trinajstić information content (AvgIpc) is 2.57. The summed E-state index contributed by atoms with van der Waals surface area (Å²) in [5, 5.41) is 29.6. The molecular weight excluding hydrogens is 334 g/mol. The molecule has 0 spiro atoms. The van der Waals surface area contributed by atoms with Gasteiger partial charge in [0.25, 0.3) is 0 Å². The summed E-state index contributed by atoms with van der Waals surface area (Å²) in [5.74, 6) is -3.08. The van der Waals surface area contributed by atoms with E-state index < -0.39 is 23.9 Å². The number of rotatable bonds is 9. The second kappa shape index (κ2) is 9.16. The average molecular weight is 353 g/mol. The van der Waals surface area contributed by atoms with E-state index in [0.717, 1.165) is 6.08 Å². The fourth-order valence-corrected chi connectivity index (χ4v) is 1.93. The van der Waals surface area contributed by atoms with E-state index in [1.807, 2.05) is 0 Å². The molecule has 0 bridgehead atoms. The highest BCUT2D eigenvalue weighted by molar-refractivity contribution is 5.94. The molecule has 9 heteroatoms. The Morgan fingerprint density at radius 3 is 2.16 bits per heavy atom. The van der Waals surface area contributed by atoms with Crippen LogP contribution in [0.2, 0.25) is 0 Å². The van der Waals surface area contributed by atoms with Crippen molar-refractivity contribution >= 4 is 23.9 Å². The van der Waals surface area contributed by atoms with E-state index in [0.29, 0.717) is 5.56 Å². The molecule has 0 aliphatic rings. The Bertz CT molecular complexity index is 658. The Kier molecular flexibility index (Phi) is 7.26. The van der Waals surface area contributed by atoms with Gasteiger partial charge < -0.3 is 30.1 Å². The van der Waals surface area contributed by atoms with Crippen LogP contribution in [0.15, 0.2) is 18.2 Å². The van der Waals surface area contributed by atoms with Crippen LogP contribution >= 0.6 is 0 Å². The number of carbonyl (C=O) groups is 3. The van der Waals surface area contributed by atoms with Crippen LogP contribution in [-0.2, 0) is 14.4 Å². The predicted molar refractivity (Wildman–Crippen MR) is 86.7 cm³/mol. The molecule has 9 nitrogen and oxygen atoms in total. The number of ether oxygens (including phenoxy) is 2. The molecule has 1 amide bonds. The van der Waals surface area contributed by atoms with Gasteiger partial charge in [-0.2, -0.15) is 0 Å². The van der Waals surface area contributed by atoms with E-state index in [2.05, 4.69) is 5.32 Å². The lowest BCUT2D eigenvalue weighted by molar-refractivity contribution is -0.142. The zero-order chi connectivity index (χ0) is 19.0. The number of amides is 1. The maximum Gasteiger partial charge on any atom is 0.326 e. The minimum Gasteiger partial charge on any atom is -0.502 e. The van der Waals surface area contributed by atoms with Gasteiger partial charge in [0, 0.05) is 12.5 Å². The van der Waals surface area contributed by atoms with Gasteiger partial charge in [0.05, 0.1) is 14.2 Å². The first kappa shape index (κ1) is 19.8. The molecule has 25 heavy (non-hydrogen) atoms. The molecule has 0 unspecified atom stereocenters. The van der Waals surface area contributed by atoms with Crippen molar-refractivity contribution in [2.45, 2.75) is 18.9 Å². The van der Waals surface area contributed by atoms with Gasteiger partial charge in [-0.15, -0.1) is 0 Å². The normalized spacial score (nSPS) is 11.8. The van der Waals surface area contributed by atoms with Gasteiger partial charge >= 0.3 is 11.9 Å². The zero-order valence-electron chi connectivity index (χ0n) is 13.7. The largest absolute Gasteiger partial charge is 0.502 e. The number of hydrogen-bond acceptors (Lipinski definition) is 6.